The summed E-state index contributed by atoms with van der Waals surface area (Å²) in [4.78, 5) is 38.7. The molecule has 158 valence electrons. The minimum absolute atomic E-state index is 0.0966. The van der Waals surface area contributed by atoms with Crippen LogP contribution in [-0.4, -0.2) is 37.2 Å². The predicted molar refractivity (Wildman–Crippen MR) is 112 cm³/mol. The summed E-state index contributed by atoms with van der Waals surface area (Å²) in [6.45, 7) is 3.84. The first-order valence-corrected chi connectivity index (χ1v) is 9.98. The average molecular weight is 410 g/mol. The van der Waals surface area contributed by atoms with Crippen molar-refractivity contribution in [1.29, 1.82) is 0 Å². The lowest BCUT2D eigenvalue weighted by Crippen LogP contribution is -2.46. The lowest BCUT2D eigenvalue weighted by Gasteiger charge is -2.22. The van der Waals surface area contributed by atoms with Gasteiger partial charge >= 0.3 is 12.1 Å². The number of rotatable bonds is 7. The second-order valence-electron chi connectivity index (χ2n) is 7.46. The van der Waals surface area contributed by atoms with E-state index in [0.29, 0.717) is 6.54 Å². The Hall–Kier alpha value is -3.35. The summed E-state index contributed by atoms with van der Waals surface area (Å²) in [7, 11) is 0. The number of hydrogen-bond acceptors (Lipinski definition) is 5. The van der Waals surface area contributed by atoms with Crippen LogP contribution in [0.1, 0.15) is 25.0 Å². The van der Waals surface area contributed by atoms with Gasteiger partial charge in [0, 0.05) is 12.2 Å². The molecule has 3 rings (SSSR count). The summed E-state index contributed by atoms with van der Waals surface area (Å²) in [5.41, 5.74) is 2.79. The van der Waals surface area contributed by atoms with Gasteiger partial charge in [-0.3, -0.25) is 4.79 Å². The van der Waals surface area contributed by atoms with Crippen LogP contribution < -0.4 is 10.2 Å². The molecule has 0 spiro atoms. The largest absolute Gasteiger partial charge is 0.454 e. The van der Waals surface area contributed by atoms with E-state index in [2.05, 4.69) is 5.32 Å². The number of esters is 1. The molecule has 0 radical (unpaired) electrons. The molecule has 1 heterocycles. The van der Waals surface area contributed by atoms with E-state index < -0.39 is 18.1 Å². The molecule has 0 saturated heterocycles. The topological polar surface area (TPSA) is 84.9 Å². The van der Waals surface area contributed by atoms with E-state index in [1.807, 2.05) is 54.6 Å². The summed E-state index contributed by atoms with van der Waals surface area (Å²) < 4.78 is 10.4. The summed E-state index contributed by atoms with van der Waals surface area (Å²) >= 11 is 0. The minimum Gasteiger partial charge on any atom is -0.454 e. The van der Waals surface area contributed by atoms with Gasteiger partial charge in [-0.25, -0.2) is 9.59 Å². The fourth-order valence-corrected chi connectivity index (χ4v) is 3.29. The molecule has 1 N–H and O–H groups in total. The van der Waals surface area contributed by atoms with Crippen molar-refractivity contribution in [2.75, 3.05) is 18.1 Å². The maximum Gasteiger partial charge on any atom is 0.408 e. The zero-order valence-electron chi connectivity index (χ0n) is 17.2. The molecule has 7 nitrogen and oxygen atoms in total. The van der Waals surface area contributed by atoms with Crippen LogP contribution in [0.5, 0.6) is 0 Å². The number of anilines is 1. The van der Waals surface area contributed by atoms with E-state index in [1.165, 1.54) is 0 Å². The first-order valence-electron chi connectivity index (χ1n) is 9.98. The van der Waals surface area contributed by atoms with Gasteiger partial charge in [-0.1, -0.05) is 62.4 Å². The average Bonchev–Trinajstić information content (AvgIpc) is 3.19. The molecule has 0 saturated carbocycles. The highest BCUT2D eigenvalue weighted by atomic mass is 16.6. The molecular weight excluding hydrogens is 384 g/mol. The predicted octanol–water partition coefficient (Wildman–Crippen LogP) is 3.07. The molecule has 0 bridgehead atoms. The number of nitrogens with one attached hydrogen (secondary N) is 1. The Morgan fingerprint density at radius 2 is 1.70 bits per heavy atom. The molecule has 0 aromatic heterocycles. The Kier molecular flexibility index (Phi) is 7.06. The van der Waals surface area contributed by atoms with Crippen LogP contribution in [0.3, 0.4) is 0 Å². The molecular formula is C23H26N2O5. The van der Waals surface area contributed by atoms with Gasteiger partial charge in [0.25, 0.3) is 5.91 Å². The van der Waals surface area contributed by atoms with E-state index in [9.17, 15) is 14.4 Å². The number of ether oxygens (including phenoxy) is 2. The number of benzene rings is 2. The Morgan fingerprint density at radius 1 is 1.00 bits per heavy atom. The van der Waals surface area contributed by atoms with E-state index in [4.69, 9.17) is 9.47 Å². The highest BCUT2D eigenvalue weighted by molar-refractivity contribution is 5.97. The Balaban J connectivity index is 1.50. The third-order valence-electron chi connectivity index (χ3n) is 4.93. The van der Waals surface area contributed by atoms with Gasteiger partial charge in [0.2, 0.25) is 0 Å². The van der Waals surface area contributed by atoms with Crippen molar-refractivity contribution in [3.8, 4) is 0 Å². The molecule has 0 fully saturated rings. The number of carbonyl (C=O) groups is 3. The maximum absolute atomic E-state index is 12.5. The monoisotopic (exact) mass is 410 g/mol. The van der Waals surface area contributed by atoms with Crippen LogP contribution in [0.2, 0.25) is 0 Å². The normalized spacial score (nSPS) is 13.5. The molecule has 2 amide bonds. The van der Waals surface area contributed by atoms with Crippen LogP contribution in [-0.2, 0) is 32.1 Å². The summed E-state index contributed by atoms with van der Waals surface area (Å²) in [6.07, 6.45) is 0.0635. The van der Waals surface area contributed by atoms with Crippen LogP contribution in [0.15, 0.2) is 54.6 Å². The molecule has 2 aromatic rings. The summed E-state index contributed by atoms with van der Waals surface area (Å²) in [6, 6.07) is 16.0. The second kappa shape index (κ2) is 9.91. The fourth-order valence-electron chi connectivity index (χ4n) is 3.29. The lowest BCUT2D eigenvalue weighted by atomic mass is 10.1. The number of fused-ring (bicyclic) bond motifs is 1. The highest BCUT2D eigenvalue weighted by Crippen LogP contribution is 2.27. The molecule has 0 aliphatic carbocycles. The zero-order chi connectivity index (χ0) is 21.5. The van der Waals surface area contributed by atoms with Crippen LogP contribution in [0.25, 0.3) is 0 Å². The van der Waals surface area contributed by atoms with Gasteiger partial charge in [-0.05, 0) is 29.5 Å². The molecule has 1 atom stereocenters. The molecule has 0 unspecified atom stereocenters. The van der Waals surface area contributed by atoms with Crippen LogP contribution in [0.4, 0.5) is 10.5 Å². The van der Waals surface area contributed by atoms with Crippen molar-refractivity contribution in [2.24, 2.45) is 5.92 Å². The Morgan fingerprint density at radius 3 is 2.43 bits per heavy atom. The van der Waals surface area contributed by atoms with Gasteiger partial charge < -0.3 is 19.7 Å². The number of carbonyl (C=O) groups excluding carboxylic acids is 3. The van der Waals surface area contributed by atoms with E-state index in [1.54, 1.807) is 18.7 Å². The van der Waals surface area contributed by atoms with Crippen molar-refractivity contribution in [3.05, 3.63) is 65.7 Å². The maximum atomic E-state index is 12.5. The fraction of sp³-hybridized carbons (Fsp3) is 0.348. The number of nitrogens with zero attached hydrogens (tertiary/aromatic N) is 1. The number of hydrogen-bond donors (Lipinski definition) is 1. The van der Waals surface area contributed by atoms with Crippen molar-refractivity contribution in [2.45, 2.75) is 32.9 Å². The first-order chi connectivity index (χ1) is 14.5. The van der Waals surface area contributed by atoms with Gasteiger partial charge in [-0.15, -0.1) is 0 Å². The van der Waals surface area contributed by atoms with E-state index in [0.717, 1.165) is 23.2 Å². The summed E-state index contributed by atoms with van der Waals surface area (Å²) in [5.74, 6) is -1.19. The van der Waals surface area contributed by atoms with Crippen LogP contribution >= 0.6 is 0 Å². The Labute approximate surface area is 176 Å². The van der Waals surface area contributed by atoms with Crippen LogP contribution in [0, 0.1) is 5.92 Å². The minimum atomic E-state index is -0.910. The molecule has 1 aliphatic heterocycles. The Bertz CT molecular complexity index is 897. The van der Waals surface area contributed by atoms with Gasteiger partial charge in [0.1, 0.15) is 12.6 Å². The third kappa shape index (κ3) is 5.37. The molecule has 2 aromatic carbocycles. The lowest BCUT2D eigenvalue weighted by molar-refractivity contribution is -0.150. The number of para-hydroxylation sites is 1. The molecule has 30 heavy (non-hydrogen) atoms. The summed E-state index contributed by atoms with van der Waals surface area (Å²) in [5, 5.41) is 2.53. The van der Waals surface area contributed by atoms with Crippen molar-refractivity contribution < 1.29 is 23.9 Å². The van der Waals surface area contributed by atoms with Gasteiger partial charge in [0.05, 0.1) is 0 Å². The first kappa shape index (κ1) is 21.4. The standard InChI is InChI=1S/C23H26N2O5/c1-16(2)21(24-23(28)30-14-17-8-4-3-5-9-17)22(27)29-15-20(26)25-13-12-18-10-6-7-11-19(18)25/h3-11,16,21H,12-15H2,1-2H3,(H,24,28)/t21-/m1/s1. The SMILES string of the molecule is CC(C)[C@@H](NC(=O)OCc1ccccc1)C(=O)OCC(=O)N1CCc2ccccc21. The molecule has 7 heteroatoms. The van der Waals surface area contributed by atoms with E-state index in [-0.39, 0.29) is 25.0 Å². The number of alkyl carbamates (subject to hydrolysis) is 1. The highest BCUT2D eigenvalue weighted by Gasteiger charge is 2.29. The smallest absolute Gasteiger partial charge is 0.408 e. The second-order valence-corrected chi connectivity index (χ2v) is 7.46. The van der Waals surface area contributed by atoms with E-state index >= 15 is 0 Å². The van der Waals surface area contributed by atoms with Crippen molar-refractivity contribution in [3.63, 3.8) is 0 Å². The van der Waals surface area contributed by atoms with Gasteiger partial charge in [-0.2, -0.15) is 0 Å². The quantitative estimate of drug-likeness (QED) is 0.709. The van der Waals surface area contributed by atoms with Crippen molar-refractivity contribution in [1.82, 2.24) is 5.32 Å². The third-order valence-corrected chi connectivity index (χ3v) is 4.93. The van der Waals surface area contributed by atoms with Gasteiger partial charge in [0.15, 0.2) is 6.61 Å². The number of amides is 2. The molecule has 1 aliphatic rings. The zero-order valence-corrected chi connectivity index (χ0v) is 17.2. The van der Waals surface area contributed by atoms with Crippen molar-refractivity contribution >= 4 is 23.7 Å².